The molecule has 8 heteroatoms. The van der Waals surface area contributed by atoms with Crippen molar-refractivity contribution in [3.63, 3.8) is 0 Å². The lowest BCUT2D eigenvalue weighted by Gasteiger charge is -2.11. The van der Waals surface area contributed by atoms with Crippen molar-refractivity contribution in [2.24, 2.45) is 0 Å². The Labute approximate surface area is 120 Å². The lowest BCUT2D eigenvalue weighted by Crippen LogP contribution is -2.31. The zero-order valence-electron chi connectivity index (χ0n) is 10.6. The molecule has 2 N–H and O–H groups in total. The Hall–Kier alpha value is -0.960. The van der Waals surface area contributed by atoms with E-state index in [1.54, 1.807) is 0 Å². The molecule has 1 aromatic rings. The second-order valence-corrected chi connectivity index (χ2v) is 6.77. The van der Waals surface area contributed by atoms with Gasteiger partial charge < -0.3 is 10.0 Å². The van der Waals surface area contributed by atoms with E-state index in [0.29, 0.717) is 11.0 Å². The molecular weight excluding hydrogens is 336 g/mol. The zero-order chi connectivity index (χ0) is 14.6. The van der Waals surface area contributed by atoms with E-state index in [4.69, 9.17) is 5.11 Å². The van der Waals surface area contributed by atoms with Crippen LogP contribution in [0.1, 0.15) is 10.4 Å². The van der Waals surface area contributed by atoms with Crippen molar-refractivity contribution in [1.82, 2.24) is 9.62 Å². The minimum Gasteiger partial charge on any atom is -0.478 e. The summed E-state index contributed by atoms with van der Waals surface area (Å²) >= 11 is 3.07. The van der Waals surface area contributed by atoms with Gasteiger partial charge in [-0.05, 0) is 48.2 Å². The van der Waals surface area contributed by atoms with Crippen LogP contribution in [0.15, 0.2) is 27.6 Å². The van der Waals surface area contributed by atoms with Crippen molar-refractivity contribution in [2.75, 3.05) is 27.2 Å². The van der Waals surface area contributed by atoms with E-state index in [-0.39, 0.29) is 17.0 Å². The second kappa shape index (κ2) is 6.47. The molecule has 1 rings (SSSR count). The van der Waals surface area contributed by atoms with Crippen molar-refractivity contribution in [3.8, 4) is 0 Å². The molecule has 19 heavy (non-hydrogen) atoms. The molecule has 0 atom stereocenters. The number of nitrogens with zero attached hydrogens (tertiary/aromatic N) is 1. The van der Waals surface area contributed by atoms with Gasteiger partial charge in [0.15, 0.2) is 0 Å². The van der Waals surface area contributed by atoms with Crippen LogP contribution in [0.4, 0.5) is 0 Å². The van der Waals surface area contributed by atoms with E-state index in [1.165, 1.54) is 12.1 Å². The van der Waals surface area contributed by atoms with Crippen LogP contribution in [-0.4, -0.2) is 51.6 Å². The average molecular weight is 351 g/mol. The quantitative estimate of drug-likeness (QED) is 0.798. The molecule has 1 aromatic carbocycles. The van der Waals surface area contributed by atoms with Gasteiger partial charge >= 0.3 is 5.97 Å². The lowest BCUT2D eigenvalue weighted by atomic mass is 10.2. The molecule has 0 saturated heterocycles. The van der Waals surface area contributed by atoms with Crippen LogP contribution in [0.5, 0.6) is 0 Å². The highest BCUT2D eigenvalue weighted by Gasteiger charge is 2.17. The largest absolute Gasteiger partial charge is 0.478 e. The van der Waals surface area contributed by atoms with Gasteiger partial charge in [-0.2, -0.15) is 0 Å². The summed E-state index contributed by atoms with van der Waals surface area (Å²) in [6.07, 6.45) is 0. The number of benzene rings is 1. The smallest absolute Gasteiger partial charge is 0.336 e. The number of hydrogen-bond donors (Lipinski definition) is 2. The van der Waals surface area contributed by atoms with Gasteiger partial charge in [0.25, 0.3) is 0 Å². The van der Waals surface area contributed by atoms with E-state index in [9.17, 15) is 13.2 Å². The number of sulfonamides is 1. The Morgan fingerprint density at radius 3 is 2.58 bits per heavy atom. The molecule has 0 aliphatic heterocycles. The molecule has 6 nitrogen and oxygen atoms in total. The fourth-order valence-electron chi connectivity index (χ4n) is 1.32. The number of hydrogen-bond acceptors (Lipinski definition) is 4. The lowest BCUT2D eigenvalue weighted by molar-refractivity contribution is 0.0695. The fraction of sp³-hybridized carbons (Fsp3) is 0.364. The first-order valence-corrected chi connectivity index (χ1v) is 7.69. The normalized spacial score (nSPS) is 11.8. The third-order valence-electron chi connectivity index (χ3n) is 2.33. The summed E-state index contributed by atoms with van der Waals surface area (Å²) in [7, 11) is -0.0299. The number of carbonyl (C=O) groups is 1. The molecule has 106 valence electrons. The van der Waals surface area contributed by atoms with E-state index >= 15 is 0 Å². The Balaban J connectivity index is 2.96. The molecule has 0 aromatic heterocycles. The highest BCUT2D eigenvalue weighted by molar-refractivity contribution is 9.10. The Bertz CT molecular complexity index is 572. The van der Waals surface area contributed by atoms with Crippen LogP contribution in [0.3, 0.4) is 0 Å². The first-order chi connectivity index (χ1) is 8.74. The van der Waals surface area contributed by atoms with Crippen LogP contribution < -0.4 is 4.72 Å². The van der Waals surface area contributed by atoms with Gasteiger partial charge in [0, 0.05) is 17.6 Å². The molecule has 0 saturated carbocycles. The van der Waals surface area contributed by atoms with Crippen molar-refractivity contribution in [3.05, 3.63) is 28.2 Å². The van der Waals surface area contributed by atoms with Crippen molar-refractivity contribution >= 4 is 31.9 Å². The number of carboxylic acids is 1. The SMILES string of the molecule is CN(C)CCNS(=O)(=O)c1ccc(Br)c(C(=O)O)c1. The molecular formula is C11H15BrN2O4S. The standard InChI is InChI=1S/C11H15BrN2O4S/c1-14(2)6-5-13-19(17,18)8-3-4-10(12)9(7-8)11(15)16/h3-4,7,13H,5-6H2,1-2H3,(H,15,16). The van der Waals surface area contributed by atoms with Gasteiger partial charge in [-0.3, -0.25) is 0 Å². The number of likely N-dealkylation sites (N-methyl/N-ethyl adjacent to an activating group) is 1. The van der Waals surface area contributed by atoms with Gasteiger partial charge in [-0.1, -0.05) is 0 Å². The second-order valence-electron chi connectivity index (χ2n) is 4.15. The Morgan fingerprint density at radius 1 is 1.42 bits per heavy atom. The first-order valence-electron chi connectivity index (χ1n) is 5.41. The number of carboxylic acid groups (broad SMARTS) is 1. The van der Waals surface area contributed by atoms with Gasteiger partial charge in [0.2, 0.25) is 10.0 Å². The topological polar surface area (TPSA) is 86.7 Å². The van der Waals surface area contributed by atoms with E-state index in [0.717, 1.165) is 6.07 Å². The molecule has 0 radical (unpaired) electrons. The predicted octanol–water partition coefficient (Wildman–Crippen LogP) is 0.987. The third-order valence-corrected chi connectivity index (χ3v) is 4.48. The maximum atomic E-state index is 12.0. The summed E-state index contributed by atoms with van der Waals surface area (Å²) < 4.78 is 26.7. The predicted molar refractivity (Wildman–Crippen MR) is 74.8 cm³/mol. The summed E-state index contributed by atoms with van der Waals surface area (Å²) in [6, 6.07) is 3.89. The van der Waals surface area contributed by atoms with Gasteiger partial charge in [-0.25, -0.2) is 17.9 Å². The number of rotatable bonds is 6. The molecule has 0 aliphatic carbocycles. The van der Waals surface area contributed by atoms with E-state index in [2.05, 4.69) is 20.7 Å². The maximum absolute atomic E-state index is 12.0. The molecule has 0 aliphatic rings. The van der Waals surface area contributed by atoms with Gasteiger partial charge in [0.1, 0.15) is 0 Å². The average Bonchev–Trinajstić information content (AvgIpc) is 2.27. The summed E-state index contributed by atoms with van der Waals surface area (Å²) in [4.78, 5) is 12.7. The van der Waals surface area contributed by atoms with Crippen LogP contribution in [0.2, 0.25) is 0 Å². The molecule has 0 amide bonds. The zero-order valence-corrected chi connectivity index (χ0v) is 13.0. The van der Waals surface area contributed by atoms with Crippen LogP contribution in [0, 0.1) is 0 Å². The summed E-state index contributed by atoms with van der Waals surface area (Å²) in [5.74, 6) is -1.18. The number of aromatic carboxylic acids is 1. The summed E-state index contributed by atoms with van der Waals surface area (Å²) in [5, 5.41) is 8.95. The number of nitrogens with one attached hydrogen (secondary N) is 1. The highest BCUT2D eigenvalue weighted by Crippen LogP contribution is 2.20. The molecule has 0 fully saturated rings. The van der Waals surface area contributed by atoms with Crippen LogP contribution in [-0.2, 0) is 10.0 Å². The molecule has 0 bridgehead atoms. The van der Waals surface area contributed by atoms with Crippen molar-refractivity contribution < 1.29 is 18.3 Å². The van der Waals surface area contributed by atoms with E-state index in [1.807, 2.05) is 19.0 Å². The summed E-state index contributed by atoms with van der Waals surface area (Å²) in [6.45, 7) is 0.815. The summed E-state index contributed by atoms with van der Waals surface area (Å²) in [5.41, 5.74) is -0.0875. The van der Waals surface area contributed by atoms with Crippen molar-refractivity contribution in [1.29, 1.82) is 0 Å². The minimum absolute atomic E-state index is 0.0631. The third kappa shape index (κ3) is 4.57. The molecule has 0 spiro atoms. The first kappa shape index (κ1) is 16.1. The van der Waals surface area contributed by atoms with Crippen LogP contribution >= 0.6 is 15.9 Å². The minimum atomic E-state index is -3.69. The monoisotopic (exact) mass is 350 g/mol. The number of halogens is 1. The van der Waals surface area contributed by atoms with E-state index < -0.39 is 16.0 Å². The molecule has 0 unspecified atom stereocenters. The molecule has 0 heterocycles. The van der Waals surface area contributed by atoms with Gasteiger partial charge in [0.05, 0.1) is 10.5 Å². The fourth-order valence-corrected chi connectivity index (χ4v) is 2.79. The maximum Gasteiger partial charge on any atom is 0.336 e. The Morgan fingerprint density at radius 2 is 2.05 bits per heavy atom. The van der Waals surface area contributed by atoms with Gasteiger partial charge in [-0.15, -0.1) is 0 Å². The highest BCUT2D eigenvalue weighted by atomic mass is 79.9. The van der Waals surface area contributed by atoms with Crippen molar-refractivity contribution in [2.45, 2.75) is 4.90 Å². The van der Waals surface area contributed by atoms with Crippen LogP contribution in [0.25, 0.3) is 0 Å². The Kier molecular flexibility index (Phi) is 5.48.